The van der Waals surface area contributed by atoms with Crippen LogP contribution in [0.15, 0.2) is 137 Å². The molecule has 0 aliphatic carbocycles. The number of fused-ring (bicyclic) bond motifs is 5. The standard InChI is InChI=1S/2C12H4F3N2S.3C12H5F2N2S.5CH4.5Ir/c13-6-3-8(10(15)9(14)4-6)11-7-1-2-18-12(7)17-5-16-11;13-8-2-1-6(9(14)10(8)15)11-7-3-4-18-12(7)17-5-16-11;13-8-3-7(4-9(14)5-8)11-10-1-2-17-12(10)16-6-15-11;13-7-1-2-10(14)9(5-7)11-8-3-4-17-12(8)16-6-15-11;13-9-2-1-7(5-10(9)14)11-8-3-4-17-12(8)16-6-15-11;;;;;;;;;;/h1-2,4-5H;2-5H;1-3,5-6H;1-4,6H;2-6H;5*1H4;;;;;/q5*-1;;;;;;;;;;. The van der Waals surface area contributed by atoms with E-state index >= 15 is 0 Å². The Bertz CT molecular complexity index is 5010. The van der Waals surface area contributed by atoms with Crippen molar-refractivity contribution >= 4 is 108 Å². The minimum absolute atomic E-state index is 0. The molecule has 0 bridgehead atoms. The van der Waals surface area contributed by atoms with Gasteiger partial charge in [-0.05, 0) is 84.2 Å². The van der Waals surface area contributed by atoms with Gasteiger partial charge in [-0.3, -0.25) is 46.9 Å². The van der Waals surface area contributed by atoms with Crippen LogP contribution in [0.4, 0.5) is 52.7 Å². The molecular formula is C65H43F12Ir5N10S5-5. The first-order chi connectivity index (χ1) is 42.1. The second-order valence-electron chi connectivity index (χ2n) is 17.2. The van der Waals surface area contributed by atoms with Crippen LogP contribution in [0.1, 0.15) is 37.1 Å². The topological polar surface area (TPSA) is 129 Å². The first-order valence-electron chi connectivity index (χ1n) is 24.3. The minimum atomic E-state index is -1.52. The van der Waals surface area contributed by atoms with Crippen molar-refractivity contribution < 1.29 is 153 Å². The molecule has 0 saturated heterocycles. The Kier molecular flexibility index (Phi) is 36.7. The quantitative estimate of drug-likeness (QED) is 0.0711. The monoisotopic (exact) mass is 2320 g/mol. The molecule has 10 aromatic heterocycles. The fourth-order valence-electron chi connectivity index (χ4n) is 8.13. The van der Waals surface area contributed by atoms with Gasteiger partial charge in [0, 0.05) is 158 Å². The number of nitrogens with zero attached hydrogens (tertiary/aromatic N) is 10. The van der Waals surface area contributed by atoms with Crippen LogP contribution in [0.3, 0.4) is 0 Å². The van der Waals surface area contributed by atoms with Gasteiger partial charge in [-0.15, -0.1) is 135 Å². The average molecular weight is 2310 g/mol. The summed E-state index contributed by atoms with van der Waals surface area (Å²) in [5, 5.41) is 12.5. The van der Waals surface area contributed by atoms with Crippen LogP contribution in [-0.4, -0.2) is 49.8 Å². The molecule has 5 radical (unpaired) electrons. The van der Waals surface area contributed by atoms with Crippen molar-refractivity contribution in [1.82, 2.24) is 49.8 Å². The number of aromatic nitrogens is 10. The maximum atomic E-state index is 13.7. The first-order valence-corrected chi connectivity index (χ1v) is 28.7. The second kappa shape index (κ2) is 40.1. The largest absolute Gasteiger partial charge is 0.285 e. The summed E-state index contributed by atoms with van der Waals surface area (Å²) in [5.41, 5.74) is 2.02. The Labute approximate surface area is 635 Å². The van der Waals surface area contributed by atoms with Gasteiger partial charge in [-0.2, -0.15) is 0 Å². The van der Waals surface area contributed by atoms with Crippen LogP contribution < -0.4 is 0 Å². The van der Waals surface area contributed by atoms with E-state index in [1.54, 1.807) is 29.0 Å². The van der Waals surface area contributed by atoms with Crippen molar-refractivity contribution in [3.05, 3.63) is 238 Å². The Morgan fingerprint density at radius 3 is 1.10 bits per heavy atom. The number of thiophene rings is 5. The number of halogens is 12. The van der Waals surface area contributed by atoms with Gasteiger partial charge in [0.2, 0.25) is 0 Å². The first kappa shape index (κ1) is 88.7. The summed E-state index contributed by atoms with van der Waals surface area (Å²) in [6.45, 7) is 0. The van der Waals surface area contributed by atoms with E-state index in [9.17, 15) is 52.7 Å². The van der Waals surface area contributed by atoms with Gasteiger partial charge in [0.1, 0.15) is 61.6 Å². The predicted octanol–water partition coefficient (Wildman–Crippen LogP) is 20.6. The van der Waals surface area contributed by atoms with Gasteiger partial charge >= 0.3 is 0 Å². The number of benzene rings is 5. The maximum absolute atomic E-state index is 13.7. The van der Waals surface area contributed by atoms with E-state index in [2.05, 4.69) is 80.2 Å². The number of hydrogen-bond donors (Lipinski definition) is 0. The molecule has 517 valence electrons. The third kappa shape index (κ3) is 20.2. The fraction of sp³-hybridized carbons (Fsp3) is 0.0769. The Morgan fingerprint density at radius 2 is 0.660 bits per heavy atom. The molecule has 0 N–H and O–H groups in total. The van der Waals surface area contributed by atoms with E-state index in [1.807, 2.05) is 28.3 Å². The molecule has 97 heavy (non-hydrogen) atoms. The Hall–Kier alpha value is -6.29. The van der Waals surface area contributed by atoms with Crippen LogP contribution >= 0.6 is 56.7 Å². The normalized spacial score (nSPS) is 9.86. The molecule has 0 fully saturated rings. The van der Waals surface area contributed by atoms with E-state index in [0.717, 1.165) is 61.7 Å². The van der Waals surface area contributed by atoms with Gasteiger partial charge in [-0.25, -0.2) is 55.7 Å². The summed E-state index contributed by atoms with van der Waals surface area (Å²) in [6.07, 6.45) is 6.60. The van der Waals surface area contributed by atoms with Crippen molar-refractivity contribution in [1.29, 1.82) is 0 Å². The van der Waals surface area contributed by atoms with E-state index < -0.39 is 69.8 Å². The SMILES string of the molecule is C.C.C.C.C.Fc1[c-]c(-c2ncnc3sccc23)c(F)c(F)c1.Fc1[c-]c(-c2ncnc3sccc23)c(F)cc1.Fc1[c-]c(-c2ncnc3sccc23)cc(F)c1.Fc1c[c-]c(-c2ncnc3sccc23)c(F)c1F.Fc1c[c-]c(-c2ncnc3sccc23)cc1F.[Ir].[Ir].[Ir].[Ir].[Ir]. The van der Waals surface area contributed by atoms with Gasteiger partial charge in [-0.1, -0.05) is 66.0 Å². The van der Waals surface area contributed by atoms with Crippen molar-refractivity contribution in [2.24, 2.45) is 0 Å². The van der Waals surface area contributed by atoms with Crippen LogP contribution in [0, 0.1) is 100 Å². The van der Waals surface area contributed by atoms with Gasteiger partial charge in [0.15, 0.2) is 0 Å². The molecule has 0 aliphatic rings. The van der Waals surface area contributed by atoms with Gasteiger partial charge in [0.05, 0.1) is 34.9 Å². The van der Waals surface area contributed by atoms with Gasteiger partial charge in [0.25, 0.3) is 0 Å². The summed E-state index contributed by atoms with van der Waals surface area (Å²) in [5.74, 6) is -11.8. The zero-order valence-corrected chi connectivity index (χ0v) is 60.6. The smallest absolute Gasteiger partial charge is 0.117 e. The van der Waals surface area contributed by atoms with Crippen molar-refractivity contribution in [2.45, 2.75) is 37.1 Å². The number of hydrogen-bond acceptors (Lipinski definition) is 15. The molecule has 10 heterocycles. The molecule has 0 atom stereocenters. The Morgan fingerprint density at radius 1 is 0.278 bits per heavy atom. The van der Waals surface area contributed by atoms with Crippen molar-refractivity contribution in [3.8, 4) is 56.3 Å². The van der Waals surface area contributed by atoms with Crippen LogP contribution in [0.25, 0.3) is 107 Å². The van der Waals surface area contributed by atoms with E-state index in [-0.39, 0.29) is 166 Å². The summed E-state index contributed by atoms with van der Waals surface area (Å²) >= 11 is 7.04. The van der Waals surface area contributed by atoms with E-state index in [1.165, 1.54) is 94.4 Å². The van der Waals surface area contributed by atoms with Crippen molar-refractivity contribution in [2.75, 3.05) is 0 Å². The van der Waals surface area contributed by atoms with E-state index in [4.69, 9.17) is 0 Å². The molecule has 15 rings (SSSR count). The maximum Gasteiger partial charge on any atom is 0.117 e. The molecule has 15 aromatic rings. The average Bonchev–Trinajstić information content (AvgIpc) is 1.81. The summed E-state index contributed by atoms with van der Waals surface area (Å²) in [6, 6.07) is 28.2. The van der Waals surface area contributed by atoms with Crippen LogP contribution in [0.5, 0.6) is 0 Å². The number of rotatable bonds is 5. The third-order valence-corrected chi connectivity index (χ3v) is 16.0. The van der Waals surface area contributed by atoms with Crippen LogP contribution in [0.2, 0.25) is 0 Å². The molecule has 32 heteroatoms. The minimum Gasteiger partial charge on any atom is -0.285 e. The second-order valence-corrected chi connectivity index (χ2v) is 21.7. The van der Waals surface area contributed by atoms with Crippen LogP contribution in [-0.2, 0) is 101 Å². The molecule has 0 unspecified atom stereocenters. The molecule has 0 saturated carbocycles. The summed E-state index contributed by atoms with van der Waals surface area (Å²) in [4.78, 5) is 43.8. The third-order valence-electron chi connectivity index (χ3n) is 11.9. The fourth-order valence-corrected chi connectivity index (χ4v) is 11.8. The molecular weight excluding hydrogens is 2270 g/mol. The Balaban J connectivity index is 0.000000591. The van der Waals surface area contributed by atoms with Gasteiger partial charge < -0.3 is 0 Å². The van der Waals surface area contributed by atoms with Crippen molar-refractivity contribution in [3.63, 3.8) is 0 Å². The predicted molar refractivity (Wildman–Crippen MR) is 342 cm³/mol. The molecule has 0 aliphatic heterocycles. The zero-order chi connectivity index (χ0) is 60.9. The molecule has 0 amide bonds. The zero-order valence-electron chi connectivity index (χ0n) is 44.5. The summed E-state index contributed by atoms with van der Waals surface area (Å²) in [7, 11) is 0. The molecule has 10 nitrogen and oxygen atoms in total. The summed E-state index contributed by atoms with van der Waals surface area (Å²) < 4.78 is 159. The molecule has 5 aromatic carbocycles. The van der Waals surface area contributed by atoms with E-state index in [0.29, 0.717) is 60.1 Å². The molecule has 0 spiro atoms.